The van der Waals surface area contributed by atoms with E-state index in [0.717, 1.165) is 22.1 Å². The number of β-lactam (4-membered cyclic amide) rings is 1. The van der Waals surface area contributed by atoms with Crippen molar-refractivity contribution in [3.05, 3.63) is 56.5 Å². The van der Waals surface area contributed by atoms with Gasteiger partial charge in [-0.3, -0.25) is 18.7 Å². The van der Waals surface area contributed by atoms with Crippen molar-refractivity contribution in [3.63, 3.8) is 0 Å². The molecule has 2 aliphatic heterocycles. The molecule has 12 nitrogen and oxygen atoms in total. The summed E-state index contributed by atoms with van der Waals surface area (Å²) in [6.07, 6.45) is 19.8. The summed E-state index contributed by atoms with van der Waals surface area (Å²) in [5.74, 6) is -3.75. The highest BCUT2D eigenvalue weighted by atomic mass is 79.9. The first-order valence-corrected chi connectivity index (χ1v) is 22.1. The van der Waals surface area contributed by atoms with Crippen LogP contribution in [-0.2, 0) is 46.7 Å². The number of rotatable bonds is 24. The Kier molecular flexibility index (Phi) is 20.9. The summed E-state index contributed by atoms with van der Waals surface area (Å²) < 4.78 is 50.2. The third-order valence-corrected chi connectivity index (χ3v) is 12.4. The van der Waals surface area contributed by atoms with Crippen LogP contribution in [-0.4, -0.2) is 82.6 Å². The van der Waals surface area contributed by atoms with E-state index < -0.39 is 63.1 Å². The molecule has 1 aromatic carbocycles. The fourth-order valence-corrected chi connectivity index (χ4v) is 9.13. The molecule has 0 aliphatic carbocycles. The number of hydrogen-bond donors (Lipinski definition) is 2. The SMILES string of the molecule is CC(=O)NC=C(Br)[S+]([O-])C1=C(C(=O)O)N2C(=O)[C@@H]([C@H](C)OS(=O)(=O)[O-])[C@H]2C1.CCCCCCCCCCCCCCCC[N+](C)(C)Cc1ccccc1. The Balaban J connectivity index is 0.000000367. The van der Waals surface area contributed by atoms with E-state index in [-0.39, 0.29) is 15.1 Å². The second-order valence-electron chi connectivity index (χ2n) is 14.6. The Hall–Kier alpha value is -2.27. The Morgan fingerprint density at radius 3 is 2.00 bits per heavy atom. The van der Waals surface area contributed by atoms with E-state index in [2.05, 4.69) is 76.8 Å². The van der Waals surface area contributed by atoms with Gasteiger partial charge < -0.3 is 24.0 Å². The summed E-state index contributed by atoms with van der Waals surface area (Å²) in [7, 11) is -0.312. The number of carboxylic acid groups (broad SMARTS) is 1. The van der Waals surface area contributed by atoms with Gasteiger partial charge >= 0.3 is 5.97 Å². The van der Waals surface area contributed by atoms with Crippen LogP contribution < -0.4 is 5.32 Å². The number of halogens is 1. The van der Waals surface area contributed by atoms with Crippen LogP contribution in [0.4, 0.5) is 0 Å². The molecule has 1 saturated heterocycles. The van der Waals surface area contributed by atoms with Gasteiger partial charge in [-0.1, -0.05) is 114 Å². The first-order chi connectivity index (χ1) is 25.0. The van der Waals surface area contributed by atoms with Gasteiger partial charge in [-0.15, -0.1) is 0 Å². The Labute approximate surface area is 328 Å². The molecular formula is C38H60BrN3O9S2. The van der Waals surface area contributed by atoms with Crippen molar-refractivity contribution in [2.45, 2.75) is 136 Å². The summed E-state index contributed by atoms with van der Waals surface area (Å²) in [4.78, 5) is 35.6. The van der Waals surface area contributed by atoms with Crippen molar-refractivity contribution in [2.75, 3.05) is 20.6 Å². The maximum Gasteiger partial charge on any atom is 0.357 e. The first-order valence-electron chi connectivity index (χ1n) is 18.8. The second-order valence-corrected chi connectivity index (χ2v) is 18.5. The number of carbonyl (C=O) groups excluding carboxylic acids is 2. The van der Waals surface area contributed by atoms with Crippen molar-refractivity contribution >= 4 is 55.3 Å². The van der Waals surface area contributed by atoms with Crippen LogP contribution in [0.1, 0.15) is 123 Å². The summed E-state index contributed by atoms with van der Waals surface area (Å²) in [6.45, 7) is 7.17. The summed E-state index contributed by atoms with van der Waals surface area (Å²) in [5, 5.41) is 11.7. The Morgan fingerprint density at radius 2 is 1.53 bits per heavy atom. The molecule has 0 spiro atoms. The molecule has 0 aromatic heterocycles. The van der Waals surface area contributed by atoms with Crippen LogP contribution >= 0.6 is 15.9 Å². The summed E-state index contributed by atoms with van der Waals surface area (Å²) in [5.41, 5.74) is 0.979. The van der Waals surface area contributed by atoms with E-state index in [4.69, 9.17) is 0 Å². The number of amides is 2. The van der Waals surface area contributed by atoms with Crippen LogP contribution in [0.3, 0.4) is 0 Å². The number of benzene rings is 1. The van der Waals surface area contributed by atoms with E-state index in [0.29, 0.717) is 0 Å². The van der Waals surface area contributed by atoms with Crippen molar-refractivity contribution < 1.29 is 45.7 Å². The molecule has 0 saturated carbocycles. The largest absolute Gasteiger partial charge is 0.726 e. The molecule has 2 N–H and O–H groups in total. The lowest BCUT2D eigenvalue weighted by Gasteiger charge is -2.45. The van der Waals surface area contributed by atoms with Crippen LogP contribution in [0.25, 0.3) is 0 Å². The fourth-order valence-electron chi connectivity index (χ4n) is 6.85. The molecule has 0 bridgehead atoms. The third kappa shape index (κ3) is 17.0. The Morgan fingerprint density at radius 1 is 1.02 bits per heavy atom. The molecule has 2 amide bonds. The zero-order valence-corrected chi connectivity index (χ0v) is 35.2. The van der Waals surface area contributed by atoms with Crippen LogP contribution in [0.15, 0.2) is 50.9 Å². The van der Waals surface area contributed by atoms with Gasteiger partial charge in [0.25, 0.3) is 0 Å². The fraction of sp³-hybridized carbons (Fsp3) is 0.658. The standard InChI is InChI=1S/C25H46N.C13H15BrN2O9S2/c1-4-5-6-7-8-9-10-11-12-13-14-15-16-20-23-26(2,3)24-25-21-18-17-19-22-25;1-5(25-27(22,23)24)10-7-3-8(11(13(19)20)16(7)12(10)18)26(21)9(14)4-15-6(2)17/h17-19,21-22H,4-16,20,23-24H2,1-3H3;4-5,7,10H,3H2,1-2H3,(H,15,17)(H,19,20)(H,22,23,24)/q+1;/p-1/t;5-,7+,10-,26?/m.0/s1. The van der Waals surface area contributed by atoms with E-state index in [1.807, 2.05) is 0 Å². The molecule has 3 rings (SSSR count). The second kappa shape index (κ2) is 23.6. The number of quaternary nitrogens is 1. The smallest absolute Gasteiger partial charge is 0.357 e. The summed E-state index contributed by atoms with van der Waals surface area (Å²) in [6, 6.07) is 10.1. The monoisotopic (exact) mass is 845 g/mol. The first kappa shape index (κ1) is 46.9. The molecule has 2 aliphatic rings. The molecule has 1 fully saturated rings. The van der Waals surface area contributed by atoms with Gasteiger partial charge in [-0.25, -0.2) is 13.2 Å². The van der Waals surface area contributed by atoms with Gasteiger partial charge in [0.1, 0.15) is 6.54 Å². The topological polar surface area (TPSA) is 176 Å². The lowest BCUT2D eigenvalue weighted by atomic mass is 9.83. The predicted molar refractivity (Wildman–Crippen MR) is 210 cm³/mol. The highest BCUT2D eigenvalue weighted by Crippen LogP contribution is 2.47. The molecular weight excluding hydrogens is 786 g/mol. The van der Waals surface area contributed by atoms with E-state index in [1.165, 1.54) is 116 Å². The van der Waals surface area contributed by atoms with Gasteiger partial charge in [0.05, 0.1) is 44.9 Å². The van der Waals surface area contributed by atoms with Crippen LogP contribution in [0, 0.1) is 5.92 Å². The van der Waals surface area contributed by atoms with Gasteiger partial charge in [-0.05, 0) is 19.8 Å². The van der Waals surface area contributed by atoms with E-state index in [9.17, 15) is 37.0 Å². The van der Waals surface area contributed by atoms with Crippen molar-refractivity contribution in [3.8, 4) is 0 Å². The van der Waals surface area contributed by atoms with Crippen molar-refractivity contribution in [1.29, 1.82) is 0 Å². The number of unbranched alkanes of at least 4 members (excludes halogenated alkanes) is 13. The van der Waals surface area contributed by atoms with E-state index in [1.54, 1.807) is 0 Å². The maximum absolute atomic E-state index is 12.6. The molecule has 53 heavy (non-hydrogen) atoms. The van der Waals surface area contributed by atoms with Gasteiger partial charge in [-0.2, -0.15) is 0 Å². The minimum atomic E-state index is -5.05. The quantitative estimate of drug-likeness (QED) is 0.0272. The van der Waals surface area contributed by atoms with Crippen molar-refractivity contribution in [2.24, 2.45) is 5.92 Å². The van der Waals surface area contributed by atoms with Crippen LogP contribution in [0.2, 0.25) is 0 Å². The van der Waals surface area contributed by atoms with Gasteiger partial charge in [0.15, 0.2) is 10.6 Å². The van der Waals surface area contributed by atoms with Gasteiger partial charge in [0.2, 0.25) is 26.0 Å². The number of nitrogens with one attached hydrogen (secondary N) is 1. The highest BCUT2D eigenvalue weighted by molar-refractivity contribution is 9.13. The van der Waals surface area contributed by atoms with E-state index >= 15 is 0 Å². The molecule has 4 atom stereocenters. The number of carboxylic acids is 1. The number of aliphatic carboxylic acids is 1. The Bertz CT molecular complexity index is 1490. The number of hydrogen-bond acceptors (Lipinski definition) is 8. The number of fused-ring (bicyclic) bond motifs is 1. The zero-order valence-electron chi connectivity index (χ0n) is 32.0. The molecule has 15 heteroatoms. The van der Waals surface area contributed by atoms with Gasteiger partial charge in [0, 0.05) is 46.0 Å². The molecule has 0 radical (unpaired) electrons. The number of nitrogens with zero attached hydrogens (tertiary/aromatic N) is 2. The predicted octanol–water partition coefficient (Wildman–Crippen LogP) is 7.20. The lowest BCUT2D eigenvalue weighted by Crippen LogP contribution is -2.62. The van der Waals surface area contributed by atoms with Crippen LogP contribution in [0.5, 0.6) is 0 Å². The maximum atomic E-state index is 12.6. The molecule has 1 unspecified atom stereocenters. The molecule has 300 valence electrons. The number of carbonyl (C=O) groups is 3. The molecule has 2 heterocycles. The summed E-state index contributed by atoms with van der Waals surface area (Å²) >= 11 is 0.964. The third-order valence-electron chi connectivity index (χ3n) is 9.51. The van der Waals surface area contributed by atoms with Crippen molar-refractivity contribution in [1.82, 2.24) is 10.2 Å². The average molecular weight is 847 g/mol. The molecule has 1 aromatic rings. The minimum Gasteiger partial charge on any atom is -0.726 e. The average Bonchev–Trinajstić information content (AvgIpc) is 3.42. The lowest BCUT2D eigenvalue weighted by molar-refractivity contribution is -0.903. The highest BCUT2D eigenvalue weighted by Gasteiger charge is 2.60. The minimum absolute atomic E-state index is 0.0237. The normalized spacial score (nSPS) is 18.5. The zero-order chi connectivity index (χ0) is 39.6.